The Kier molecular flexibility index (Phi) is 4.97. The summed E-state index contributed by atoms with van der Waals surface area (Å²) in [4.78, 5) is 14.6. The summed E-state index contributed by atoms with van der Waals surface area (Å²) in [6.07, 6.45) is 2.40. The van der Waals surface area contributed by atoms with E-state index in [0.717, 1.165) is 19.0 Å². The van der Waals surface area contributed by atoms with Crippen LogP contribution in [0.25, 0.3) is 10.8 Å². The molecule has 1 amide bonds. The van der Waals surface area contributed by atoms with Crippen LogP contribution >= 0.6 is 0 Å². The third-order valence-corrected chi connectivity index (χ3v) is 4.91. The number of benzene rings is 2. The van der Waals surface area contributed by atoms with E-state index in [2.05, 4.69) is 60.5 Å². The van der Waals surface area contributed by atoms with Gasteiger partial charge in [-0.3, -0.25) is 9.69 Å². The Hall–Kier alpha value is -1.87. The minimum Gasteiger partial charge on any atom is -0.348 e. The second kappa shape index (κ2) is 7.14. The lowest BCUT2D eigenvalue weighted by Crippen LogP contribution is -2.41. The normalized spacial score (nSPS) is 18.0. The van der Waals surface area contributed by atoms with E-state index in [0.29, 0.717) is 6.54 Å². The average molecular weight is 310 g/mol. The Labute approximate surface area is 138 Å². The van der Waals surface area contributed by atoms with Gasteiger partial charge in [0.2, 0.25) is 5.91 Å². The van der Waals surface area contributed by atoms with Gasteiger partial charge in [0.15, 0.2) is 0 Å². The number of fused-ring (bicyclic) bond motifs is 1. The standard InChI is InChI=1S/C20H26N2O/c1-15-10-12-22(13-11-15)14-20(23)21-16(2)18-9-5-7-17-6-3-4-8-19(17)18/h3-9,15-16H,10-14H2,1-2H3,(H,21,23)/t16-/m0/s1. The lowest BCUT2D eigenvalue weighted by Gasteiger charge is -2.30. The highest BCUT2D eigenvalue weighted by atomic mass is 16.2. The van der Waals surface area contributed by atoms with Gasteiger partial charge in [0.25, 0.3) is 0 Å². The largest absolute Gasteiger partial charge is 0.348 e. The minimum atomic E-state index is 0.0253. The zero-order valence-corrected chi connectivity index (χ0v) is 14.1. The quantitative estimate of drug-likeness (QED) is 0.933. The van der Waals surface area contributed by atoms with Gasteiger partial charge in [-0.15, -0.1) is 0 Å². The molecule has 0 bridgehead atoms. The SMILES string of the molecule is CC1CCN(CC(=O)N[C@@H](C)c2cccc3ccccc23)CC1. The maximum atomic E-state index is 12.4. The summed E-state index contributed by atoms with van der Waals surface area (Å²) in [7, 11) is 0. The first-order chi connectivity index (χ1) is 11.1. The fraction of sp³-hybridized carbons (Fsp3) is 0.450. The van der Waals surface area contributed by atoms with Crippen LogP contribution in [0.2, 0.25) is 0 Å². The Morgan fingerprint density at radius 3 is 2.65 bits per heavy atom. The Balaban J connectivity index is 1.64. The van der Waals surface area contributed by atoms with E-state index in [1.165, 1.54) is 29.2 Å². The third kappa shape index (κ3) is 3.91. The zero-order chi connectivity index (χ0) is 16.2. The summed E-state index contributed by atoms with van der Waals surface area (Å²) < 4.78 is 0. The van der Waals surface area contributed by atoms with E-state index in [-0.39, 0.29) is 11.9 Å². The topological polar surface area (TPSA) is 32.3 Å². The number of carbonyl (C=O) groups is 1. The predicted molar refractivity (Wildman–Crippen MR) is 95.3 cm³/mol. The van der Waals surface area contributed by atoms with E-state index in [4.69, 9.17) is 0 Å². The number of carbonyl (C=O) groups excluding carboxylic acids is 1. The van der Waals surface area contributed by atoms with E-state index in [9.17, 15) is 4.79 Å². The molecule has 122 valence electrons. The minimum absolute atomic E-state index is 0.0253. The number of likely N-dealkylation sites (tertiary alicyclic amines) is 1. The molecule has 3 nitrogen and oxygen atoms in total. The molecule has 3 heteroatoms. The van der Waals surface area contributed by atoms with Crippen molar-refractivity contribution < 1.29 is 4.79 Å². The number of nitrogens with zero attached hydrogens (tertiary/aromatic N) is 1. The molecule has 1 atom stereocenters. The van der Waals surface area contributed by atoms with Gasteiger partial charge in [-0.05, 0) is 55.1 Å². The molecule has 3 rings (SSSR count). The lowest BCUT2D eigenvalue weighted by atomic mass is 9.99. The monoisotopic (exact) mass is 310 g/mol. The third-order valence-electron chi connectivity index (χ3n) is 4.91. The number of rotatable bonds is 4. The summed E-state index contributed by atoms with van der Waals surface area (Å²) in [5, 5.41) is 5.60. The van der Waals surface area contributed by atoms with Crippen molar-refractivity contribution in [3.8, 4) is 0 Å². The van der Waals surface area contributed by atoms with Gasteiger partial charge in [0, 0.05) is 0 Å². The highest BCUT2D eigenvalue weighted by molar-refractivity contribution is 5.87. The molecule has 0 unspecified atom stereocenters. The first kappa shape index (κ1) is 16.0. The summed E-state index contributed by atoms with van der Waals surface area (Å²) in [6.45, 7) is 6.95. The van der Waals surface area contributed by atoms with Crippen molar-refractivity contribution in [2.24, 2.45) is 5.92 Å². The molecule has 1 aliphatic rings. The molecule has 0 spiro atoms. The molecule has 1 N–H and O–H groups in total. The molecule has 23 heavy (non-hydrogen) atoms. The van der Waals surface area contributed by atoms with Crippen LogP contribution in [0.4, 0.5) is 0 Å². The first-order valence-electron chi connectivity index (χ1n) is 8.63. The van der Waals surface area contributed by atoms with Gasteiger partial charge in [-0.25, -0.2) is 0 Å². The van der Waals surface area contributed by atoms with Gasteiger partial charge < -0.3 is 5.32 Å². The molecular weight excluding hydrogens is 284 g/mol. The molecule has 2 aromatic carbocycles. The van der Waals surface area contributed by atoms with E-state index >= 15 is 0 Å². The van der Waals surface area contributed by atoms with E-state index < -0.39 is 0 Å². The van der Waals surface area contributed by atoms with Crippen LogP contribution < -0.4 is 5.32 Å². The highest BCUT2D eigenvalue weighted by Crippen LogP contribution is 2.24. The fourth-order valence-corrected chi connectivity index (χ4v) is 3.42. The zero-order valence-electron chi connectivity index (χ0n) is 14.1. The molecule has 0 saturated carbocycles. The van der Waals surface area contributed by atoms with Crippen LogP contribution in [0.15, 0.2) is 42.5 Å². The van der Waals surface area contributed by atoms with Crippen molar-refractivity contribution in [1.29, 1.82) is 0 Å². The second-order valence-corrected chi connectivity index (χ2v) is 6.82. The maximum Gasteiger partial charge on any atom is 0.234 e. The number of hydrogen-bond acceptors (Lipinski definition) is 2. The van der Waals surface area contributed by atoms with Crippen molar-refractivity contribution in [3.63, 3.8) is 0 Å². The van der Waals surface area contributed by atoms with Crippen LogP contribution in [-0.2, 0) is 4.79 Å². The number of amides is 1. The molecule has 2 aromatic rings. The average Bonchev–Trinajstić information content (AvgIpc) is 2.56. The van der Waals surface area contributed by atoms with Crippen molar-refractivity contribution in [3.05, 3.63) is 48.0 Å². The van der Waals surface area contributed by atoms with Gasteiger partial charge in [0.1, 0.15) is 0 Å². The molecule has 1 heterocycles. The first-order valence-corrected chi connectivity index (χ1v) is 8.63. The smallest absolute Gasteiger partial charge is 0.234 e. The summed E-state index contributed by atoms with van der Waals surface area (Å²) in [6, 6.07) is 14.6. The van der Waals surface area contributed by atoms with Gasteiger partial charge in [0.05, 0.1) is 12.6 Å². The summed E-state index contributed by atoms with van der Waals surface area (Å²) in [5.41, 5.74) is 1.18. The van der Waals surface area contributed by atoms with Crippen LogP contribution in [0.1, 0.15) is 38.3 Å². The molecule has 0 aliphatic carbocycles. The van der Waals surface area contributed by atoms with Gasteiger partial charge >= 0.3 is 0 Å². The van der Waals surface area contributed by atoms with Gasteiger partial charge in [-0.1, -0.05) is 49.4 Å². The fourth-order valence-electron chi connectivity index (χ4n) is 3.42. The molecule has 1 aliphatic heterocycles. The second-order valence-electron chi connectivity index (χ2n) is 6.82. The van der Waals surface area contributed by atoms with E-state index in [1.807, 2.05) is 6.07 Å². The van der Waals surface area contributed by atoms with Crippen molar-refractivity contribution in [2.75, 3.05) is 19.6 Å². The number of nitrogens with one attached hydrogen (secondary N) is 1. The molecule has 1 fully saturated rings. The van der Waals surface area contributed by atoms with Crippen molar-refractivity contribution >= 4 is 16.7 Å². The van der Waals surface area contributed by atoms with Gasteiger partial charge in [-0.2, -0.15) is 0 Å². The predicted octanol–water partition coefficient (Wildman–Crippen LogP) is 3.75. The molecule has 0 aromatic heterocycles. The van der Waals surface area contributed by atoms with Crippen LogP contribution in [0.5, 0.6) is 0 Å². The Morgan fingerprint density at radius 1 is 1.17 bits per heavy atom. The van der Waals surface area contributed by atoms with Crippen LogP contribution in [0.3, 0.4) is 0 Å². The highest BCUT2D eigenvalue weighted by Gasteiger charge is 2.19. The van der Waals surface area contributed by atoms with Crippen molar-refractivity contribution in [1.82, 2.24) is 10.2 Å². The summed E-state index contributed by atoms with van der Waals surface area (Å²) >= 11 is 0. The van der Waals surface area contributed by atoms with E-state index in [1.54, 1.807) is 0 Å². The lowest BCUT2D eigenvalue weighted by molar-refractivity contribution is -0.123. The number of piperidine rings is 1. The maximum absolute atomic E-state index is 12.4. The molecule has 0 radical (unpaired) electrons. The van der Waals surface area contributed by atoms with Crippen LogP contribution in [0, 0.1) is 5.92 Å². The summed E-state index contributed by atoms with van der Waals surface area (Å²) in [5.74, 6) is 0.920. The van der Waals surface area contributed by atoms with Crippen molar-refractivity contribution in [2.45, 2.75) is 32.7 Å². The van der Waals surface area contributed by atoms with Crippen LogP contribution in [-0.4, -0.2) is 30.4 Å². The molecule has 1 saturated heterocycles. The molecular formula is C20H26N2O. The Morgan fingerprint density at radius 2 is 1.87 bits per heavy atom. The number of hydrogen-bond donors (Lipinski definition) is 1. The Bertz CT molecular complexity index is 669.